The van der Waals surface area contributed by atoms with Gasteiger partial charge in [0.05, 0.1) is 14.2 Å². The molecule has 0 aromatic heterocycles. The SMILES string of the molecule is COc1cc(C=Cc2c(F)cccc2F)cc(OC)c1C1CCCCC1. The molecule has 0 saturated heterocycles. The summed E-state index contributed by atoms with van der Waals surface area (Å²) in [4.78, 5) is 0. The summed E-state index contributed by atoms with van der Waals surface area (Å²) in [6.45, 7) is 0. The number of benzene rings is 2. The first-order chi connectivity index (χ1) is 12.6. The van der Waals surface area contributed by atoms with Crippen LogP contribution in [0, 0.1) is 11.6 Å². The van der Waals surface area contributed by atoms with E-state index >= 15 is 0 Å². The van der Waals surface area contributed by atoms with Gasteiger partial charge >= 0.3 is 0 Å². The normalized spacial score (nSPS) is 15.4. The van der Waals surface area contributed by atoms with Gasteiger partial charge < -0.3 is 9.47 Å². The molecule has 3 rings (SSSR count). The van der Waals surface area contributed by atoms with Gasteiger partial charge in [-0.1, -0.05) is 31.4 Å². The highest BCUT2D eigenvalue weighted by atomic mass is 19.1. The van der Waals surface area contributed by atoms with Gasteiger partial charge in [-0.25, -0.2) is 8.78 Å². The minimum atomic E-state index is -0.584. The van der Waals surface area contributed by atoms with Crippen molar-refractivity contribution >= 4 is 12.2 Å². The van der Waals surface area contributed by atoms with E-state index in [2.05, 4.69) is 0 Å². The lowest BCUT2D eigenvalue weighted by atomic mass is 9.82. The van der Waals surface area contributed by atoms with Crippen molar-refractivity contribution in [2.24, 2.45) is 0 Å². The van der Waals surface area contributed by atoms with Crippen LogP contribution in [0.5, 0.6) is 11.5 Å². The Morgan fingerprint density at radius 1 is 0.885 bits per heavy atom. The zero-order valence-electron chi connectivity index (χ0n) is 15.2. The van der Waals surface area contributed by atoms with Gasteiger partial charge in [0.1, 0.15) is 23.1 Å². The Morgan fingerprint density at radius 2 is 1.46 bits per heavy atom. The molecule has 1 aliphatic rings. The Morgan fingerprint density at radius 3 is 2.00 bits per heavy atom. The van der Waals surface area contributed by atoms with Crippen molar-refractivity contribution in [2.75, 3.05) is 14.2 Å². The number of methoxy groups -OCH3 is 2. The second-order valence-electron chi connectivity index (χ2n) is 6.64. The summed E-state index contributed by atoms with van der Waals surface area (Å²) in [5.41, 5.74) is 1.83. The van der Waals surface area contributed by atoms with Crippen molar-refractivity contribution in [3.8, 4) is 11.5 Å². The summed E-state index contributed by atoms with van der Waals surface area (Å²) in [5.74, 6) is 0.795. The van der Waals surface area contributed by atoms with E-state index in [9.17, 15) is 8.78 Å². The van der Waals surface area contributed by atoms with E-state index in [1.807, 2.05) is 12.1 Å². The molecule has 2 nitrogen and oxygen atoms in total. The average molecular weight is 358 g/mol. The predicted octanol–water partition coefficient (Wildman–Crippen LogP) is 6.20. The molecule has 4 heteroatoms. The highest BCUT2D eigenvalue weighted by Crippen LogP contribution is 2.43. The zero-order chi connectivity index (χ0) is 18.5. The third-order valence-corrected chi connectivity index (χ3v) is 5.02. The molecule has 1 fully saturated rings. The van der Waals surface area contributed by atoms with Crippen LogP contribution in [0.15, 0.2) is 30.3 Å². The van der Waals surface area contributed by atoms with E-state index < -0.39 is 11.6 Å². The van der Waals surface area contributed by atoms with Gasteiger partial charge in [-0.05, 0) is 54.7 Å². The number of hydrogen-bond acceptors (Lipinski definition) is 2. The van der Waals surface area contributed by atoms with E-state index in [1.165, 1.54) is 43.5 Å². The molecule has 2 aromatic rings. The average Bonchev–Trinajstić information content (AvgIpc) is 2.67. The van der Waals surface area contributed by atoms with Gasteiger partial charge in [0, 0.05) is 11.1 Å². The van der Waals surface area contributed by atoms with Crippen LogP contribution in [0.4, 0.5) is 8.78 Å². The fourth-order valence-corrected chi connectivity index (χ4v) is 3.70. The van der Waals surface area contributed by atoms with E-state index in [4.69, 9.17) is 9.47 Å². The molecular formula is C22H24F2O2. The number of rotatable bonds is 5. The Bertz CT molecular complexity index is 747. The Kier molecular flexibility index (Phi) is 5.92. The highest BCUT2D eigenvalue weighted by Gasteiger charge is 2.23. The first-order valence-corrected chi connectivity index (χ1v) is 9.02. The first kappa shape index (κ1) is 18.4. The number of ether oxygens (including phenoxy) is 2. The van der Waals surface area contributed by atoms with Gasteiger partial charge in [0.15, 0.2) is 0 Å². The molecule has 0 spiro atoms. The molecule has 26 heavy (non-hydrogen) atoms. The maximum absolute atomic E-state index is 13.8. The lowest BCUT2D eigenvalue weighted by Crippen LogP contribution is -2.08. The molecule has 138 valence electrons. The van der Waals surface area contributed by atoms with Gasteiger partial charge in [0.25, 0.3) is 0 Å². The third-order valence-electron chi connectivity index (χ3n) is 5.02. The van der Waals surface area contributed by atoms with Gasteiger partial charge in [-0.2, -0.15) is 0 Å². The first-order valence-electron chi connectivity index (χ1n) is 9.02. The van der Waals surface area contributed by atoms with Crippen LogP contribution in [-0.4, -0.2) is 14.2 Å². The lowest BCUT2D eigenvalue weighted by Gasteiger charge is -2.26. The number of hydrogen-bond donors (Lipinski definition) is 0. The van der Waals surface area contributed by atoms with Crippen LogP contribution in [0.1, 0.15) is 54.7 Å². The van der Waals surface area contributed by atoms with E-state index in [0.717, 1.165) is 35.5 Å². The summed E-state index contributed by atoms with van der Waals surface area (Å²) in [7, 11) is 3.29. The fraction of sp³-hybridized carbons (Fsp3) is 0.364. The molecule has 1 aliphatic carbocycles. The third kappa shape index (κ3) is 3.90. The van der Waals surface area contributed by atoms with Crippen LogP contribution < -0.4 is 9.47 Å². The van der Waals surface area contributed by atoms with Gasteiger partial charge in [-0.3, -0.25) is 0 Å². The monoisotopic (exact) mass is 358 g/mol. The molecule has 2 aromatic carbocycles. The summed E-state index contributed by atoms with van der Waals surface area (Å²) in [5, 5.41) is 0. The summed E-state index contributed by atoms with van der Waals surface area (Å²) >= 11 is 0. The number of halogens is 2. The van der Waals surface area contributed by atoms with Crippen molar-refractivity contribution in [3.05, 3.63) is 58.7 Å². The van der Waals surface area contributed by atoms with Crippen molar-refractivity contribution in [1.82, 2.24) is 0 Å². The fourth-order valence-electron chi connectivity index (χ4n) is 3.70. The summed E-state index contributed by atoms with van der Waals surface area (Å²) in [6, 6.07) is 7.66. The molecule has 0 bridgehead atoms. The Hall–Kier alpha value is -2.36. The predicted molar refractivity (Wildman–Crippen MR) is 101 cm³/mol. The van der Waals surface area contributed by atoms with Crippen LogP contribution in [-0.2, 0) is 0 Å². The largest absolute Gasteiger partial charge is 0.496 e. The van der Waals surface area contributed by atoms with E-state index in [1.54, 1.807) is 20.3 Å². The molecule has 0 heterocycles. The molecule has 0 amide bonds. The minimum Gasteiger partial charge on any atom is -0.496 e. The van der Waals surface area contributed by atoms with Crippen LogP contribution in [0.3, 0.4) is 0 Å². The van der Waals surface area contributed by atoms with Crippen LogP contribution in [0.25, 0.3) is 12.2 Å². The zero-order valence-corrected chi connectivity index (χ0v) is 15.2. The van der Waals surface area contributed by atoms with Crippen molar-refractivity contribution in [3.63, 3.8) is 0 Å². The summed E-state index contributed by atoms with van der Waals surface area (Å²) in [6.07, 6.45) is 9.08. The molecule has 0 atom stereocenters. The van der Waals surface area contributed by atoms with E-state index in [0.29, 0.717) is 5.92 Å². The van der Waals surface area contributed by atoms with Crippen molar-refractivity contribution in [2.45, 2.75) is 38.0 Å². The Balaban J connectivity index is 1.97. The summed E-state index contributed by atoms with van der Waals surface area (Å²) < 4.78 is 38.9. The molecular weight excluding hydrogens is 334 g/mol. The van der Waals surface area contributed by atoms with Crippen molar-refractivity contribution in [1.29, 1.82) is 0 Å². The molecule has 0 aliphatic heterocycles. The molecule has 0 N–H and O–H groups in total. The Labute approximate surface area is 153 Å². The lowest BCUT2D eigenvalue weighted by molar-refractivity contribution is 0.359. The quantitative estimate of drug-likeness (QED) is 0.593. The second kappa shape index (κ2) is 8.35. The van der Waals surface area contributed by atoms with Crippen LogP contribution >= 0.6 is 0 Å². The van der Waals surface area contributed by atoms with E-state index in [-0.39, 0.29) is 5.56 Å². The van der Waals surface area contributed by atoms with Gasteiger partial charge in [0.2, 0.25) is 0 Å². The maximum atomic E-state index is 13.8. The molecule has 0 unspecified atom stereocenters. The standard InChI is InChI=1S/C22H24F2O2/c1-25-20-13-15(11-12-17-18(23)9-6-10-19(17)24)14-21(26-2)22(20)16-7-4-3-5-8-16/h6,9-14,16H,3-5,7-8H2,1-2H3. The van der Waals surface area contributed by atoms with Crippen molar-refractivity contribution < 1.29 is 18.3 Å². The second-order valence-corrected chi connectivity index (χ2v) is 6.64. The smallest absolute Gasteiger partial charge is 0.133 e. The minimum absolute atomic E-state index is 0.0539. The topological polar surface area (TPSA) is 18.5 Å². The molecule has 1 saturated carbocycles. The maximum Gasteiger partial charge on any atom is 0.133 e. The molecule has 0 radical (unpaired) electrons. The highest BCUT2D eigenvalue weighted by molar-refractivity contribution is 5.72. The van der Waals surface area contributed by atoms with Gasteiger partial charge in [-0.15, -0.1) is 0 Å². The van der Waals surface area contributed by atoms with Crippen LogP contribution in [0.2, 0.25) is 0 Å².